The van der Waals surface area contributed by atoms with E-state index in [1.165, 1.54) is 0 Å². The molecule has 1 aromatic carbocycles. The number of carbonyl (C=O) groups excluding carboxylic acids is 1. The maximum Gasteiger partial charge on any atom is 0.272 e. The lowest BCUT2D eigenvalue weighted by Crippen LogP contribution is -2.40. The lowest BCUT2D eigenvalue weighted by molar-refractivity contribution is 0.0683. The average molecular weight is 409 g/mol. The fraction of sp³-hybridized carbons (Fsp3) is 0.435. The number of nitrogens with zero attached hydrogens (tertiary/aromatic N) is 4. The predicted molar refractivity (Wildman–Crippen MR) is 113 cm³/mol. The van der Waals surface area contributed by atoms with Gasteiger partial charge in [0, 0.05) is 31.7 Å². The highest BCUT2D eigenvalue weighted by Gasteiger charge is 2.30. The molecule has 1 saturated heterocycles. The number of ether oxygens (including phenoxy) is 1. The Labute approximate surface area is 176 Å². The van der Waals surface area contributed by atoms with Crippen molar-refractivity contribution in [1.29, 1.82) is 0 Å². The number of aromatic nitrogens is 3. The predicted octanol–water partition coefficient (Wildman–Crippen LogP) is 4.07. The number of piperidine rings is 1. The Kier molecular flexibility index (Phi) is 5.88. The zero-order chi connectivity index (χ0) is 21.1. The van der Waals surface area contributed by atoms with Crippen LogP contribution in [0.5, 0.6) is 5.75 Å². The normalized spacial score (nSPS) is 16.8. The lowest BCUT2D eigenvalue weighted by atomic mass is 9.97. The van der Waals surface area contributed by atoms with E-state index >= 15 is 0 Å². The Morgan fingerprint density at radius 3 is 3.00 bits per heavy atom. The Bertz CT molecular complexity index is 1010. The molecule has 3 heterocycles. The second-order valence-corrected chi connectivity index (χ2v) is 8.04. The van der Waals surface area contributed by atoms with Crippen molar-refractivity contribution in [3.63, 3.8) is 0 Å². The van der Waals surface area contributed by atoms with E-state index in [4.69, 9.17) is 9.15 Å². The lowest BCUT2D eigenvalue weighted by Gasteiger charge is -2.31. The van der Waals surface area contributed by atoms with Crippen molar-refractivity contribution in [1.82, 2.24) is 19.7 Å². The molecule has 4 rings (SSSR count). The van der Waals surface area contributed by atoms with Crippen LogP contribution >= 0.6 is 0 Å². The van der Waals surface area contributed by atoms with Gasteiger partial charge in [-0.1, -0.05) is 12.1 Å². The molecule has 158 valence electrons. The SMILES string of the molecule is COc1cccc(Cc2cnc([C@@H]3CCCN(C(=O)c4ccnn4C(C)C)C3)o2)c1. The van der Waals surface area contributed by atoms with E-state index in [1.54, 1.807) is 30.3 Å². The summed E-state index contributed by atoms with van der Waals surface area (Å²) in [4.78, 5) is 19.5. The van der Waals surface area contributed by atoms with E-state index in [1.807, 2.05) is 43.0 Å². The molecule has 0 saturated carbocycles. The molecule has 7 heteroatoms. The second kappa shape index (κ2) is 8.73. The quantitative estimate of drug-likeness (QED) is 0.615. The Morgan fingerprint density at radius 2 is 2.20 bits per heavy atom. The molecule has 1 fully saturated rings. The highest BCUT2D eigenvalue weighted by atomic mass is 16.5. The molecule has 1 aliphatic heterocycles. The zero-order valence-corrected chi connectivity index (χ0v) is 17.7. The first-order valence-electron chi connectivity index (χ1n) is 10.5. The van der Waals surface area contributed by atoms with Crippen molar-refractivity contribution in [3.8, 4) is 5.75 Å². The van der Waals surface area contributed by atoms with Gasteiger partial charge in [-0.2, -0.15) is 5.10 Å². The number of amides is 1. The number of methoxy groups -OCH3 is 1. The van der Waals surface area contributed by atoms with E-state index in [9.17, 15) is 4.79 Å². The fourth-order valence-corrected chi connectivity index (χ4v) is 4.00. The van der Waals surface area contributed by atoms with Crippen molar-refractivity contribution in [3.05, 3.63) is 65.6 Å². The van der Waals surface area contributed by atoms with Crippen LogP contribution in [0, 0.1) is 0 Å². The molecule has 0 N–H and O–H groups in total. The summed E-state index contributed by atoms with van der Waals surface area (Å²) < 4.78 is 13.1. The molecule has 0 aliphatic carbocycles. The third-order valence-electron chi connectivity index (χ3n) is 5.52. The minimum Gasteiger partial charge on any atom is -0.497 e. The van der Waals surface area contributed by atoms with Crippen LogP contribution < -0.4 is 4.74 Å². The standard InChI is InChI=1S/C23H28N4O3/c1-16(2)27-21(9-10-25-27)23(28)26-11-5-7-18(15-26)22-24-14-20(30-22)13-17-6-4-8-19(12-17)29-3/h4,6,8-10,12,14,16,18H,5,7,11,13,15H2,1-3H3/t18-/m1/s1. The fourth-order valence-electron chi connectivity index (χ4n) is 4.00. The van der Waals surface area contributed by atoms with Gasteiger partial charge >= 0.3 is 0 Å². The third kappa shape index (κ3) is 4.25. The van der Waals surface area contributed by atoms with Gasteiger partial charge in [-0.15, -0.1) is 0 Å². The van der Waals surface area contributed by atoms with E-state index in [0.29, 0.717) is 24.6 Å². The second-order valence-electron chi connectivity index (χ2n) is 8.04. The van der Waals surface area contributed by atoms with Gasteiger partial charge in [0.15, 0.2) is 5.89 Å². The molecule has 7 nitrogen and oxygen atoms in total. The highest BCUT2D eigenvalue weighted by Crippen LogP contribution is 2.28. The van der Waals surface area contributed by atoms with E-state index in [2.05, 4.69) is 10.1 Å². The van der Waals surface area contributed by atoms with Crippen LogP contribution in [0.3, 0.4) is 0 Å². The van der Waals surface area contributed by atoms with Gasteiger partial charge in [-0.25, -0.2) is 4.98 Å². The van der Waals surface area contributed by atoms with Crippen LogP contribution in [0.25, 0.3) is 0 Å². The first kappa shape index (κ1) is 20.2. The topological polar surface area (TPSA) is 73.4 Å². The van der Waals surface area contributed by atoms with Crippen molar-refractivity contribution >= 4 is 5.91 Å². The summed E-state index contributed by atoms with van der Waals surface area (Å²) in [6, 6.07) is 9.88. The first-order chi connectivity index (χ1) is 14.5. The van der Waals surface area contributed by atoms with E-state index in [0.717, 1.165) is 36.5 Å². The number of benzene rings is 1. The van der Waals surface area contributed by atoms with Gasteiger partial charge in [0.25, 0.3) is 5.91 Å². The van der Waals surface area contributed by atoms with Crippen molar-refractivity contribution in [2.45, 2.75) is 45.1 Å². The summed E-state index contributed by atoms with van der Waals surface area (Å²) in [7, 11) is 1.66. The number of hydrogen-bond acceptors (Lipinski definition) is 5. The van der Waals surface area contributed by atoms with Crippen molar-refractivity contribution < 1.29 is 13.9 Å². The molecule has 1 amide bonds. The molecule has 30 heavy (non-hydrogen) atoms. The van der Waals surface area contributed by atoms with Gasteiger partial charge in [0.1, 0.15) is 17.2 Å². The minimum absolute atomic E-state index is 0.0223. The van der Waals surface area contributed by atoms with Crippen molar-refractivity contribution in [2.75, 3.05) is 20.2 Å². The molecule has 3 aromatic rings. The van der Waals surface area contributed by atoms with Crippen LogP contribution in [0.2, 0.25) is 0 Å². The third-order valence-corrected chi connectivity index (χ3v) is 5.52. The number of hydrogen-bond donors (Lipinski definition) is 0. The summed E-state index contributed by atoms with van der Waals surface area (Å²) in [5.41, 5.74) is 1.75. The maximum atomic E-state index is 13.1. The van der Waals surface area contributed by atoms with Crippen LogP contribution in [0.1, 0.15) is 66.4 Å². The number of likely N-dealkylation sites (tertiary alicyclic amines) is 1. The molecular weight excluding hydrogens is 380 g/mol. The van der Waals surface area contributed by atoms with Crippen molar-refractivity contribution in [2.24, 2.45) is 0 Å². The monoisotopic (exact) mass is 408 g/mol. The molecule has 2 aromatic heterocycles. The summed E-state index contributed by atoms with van der Waals surface area (Å²) in [5.74, 6) is 2.49. The van der Waals surface area contributed by atoms with Gasteiger partial charge < -0.3 is 14.1 Å². The molecule has 0 spiro atoms. The number of carbonyl (C=O) groups is 1. The van der Waals surface area contributed by atoms with Gasteiger partial charge in [0.2, 0.25) is 0 Å². The Hall–Kier alpha value is -3.09. The Balaban J connectivity index is 1.45. The van der Waals surface area contributed by atoms with E-state index in [-0.39, 0.29) is 17.9 Å². The van der Waals surface area contributed by atoms with Gasteiger partial charge in [-0.05, 0) is 50.5 Å². The molecule has 1 atom stereocenters. The average Bonchev–Trinajstić information content (AvgIpc) is 3.43. The molecule has 0 radical (unpaired) electrons. The van der Waals surface area contributed by atoms with Crippen LogP contribution in [-0.4, -0.2) is 45.8 Å². The minimum atomic E-state index is 0.0223. The highest BCUT2D eigenvalue weighted by molar-refractivity contribution is 5.92. The molecular formula is C23H28N4O3. The van der Waals surface area contributed by atoms with Crippen LogP contribution in [0.4, 0.5) is 0 Å². The number of oxazole rings is 1. The van der Waals surface area contributed by atoms with Crippen LogP contribution in [-0.2, 0) is 6.42 Å². The van der Waals surface area contributed by atoms with Gasteiger partial charge in [0.05, 0.1) is 19.2 Å². The van der Waals surface area contributed by atoms with Gasteiger partial charge in [-0.3, -0.25) is 9.48 Å². The molecule has 0 bridgehead atoms. The number of rotatable bonds is 6. The zero-order valence-electron chi connectivity index (χ0n) is 17.7. The first-order valence-corrected chi connectivity index (χ1v) is 10.5. The summed E-state index contributed by atoms with van der Waals surface area (Å²) in [6.45, 7) is 5.41. The van der Waals surface area contributed by atoms with E-state index < -0.39 is 0 Å². The summed E-state index contributed by atoms with van der Waals surface area (Å²) in [5, 5.41) is 4.29. The Morgan fingerprint density at radius 1 is 1.33 bits per heavy atom. The summed E-state index contributed by atoms with van der Waals surface area (Å²) in [6.07, 6.45) is 6.04. The van der Waals surface area contributed by atoms with Crippen LogP contribution in [0.15, 0.2) is 47.1 Å². The largest absolute Gasteiger partial charge is 0.497 e. The molecule has 1 aliphatic rings. The molecule has 0 unspecified atom stereocenters. The maximum absolute atomic E-state index is 13.1. The summed E-state index contributed by atoms with van der Waals surface area (Å²) >= 11 is 0. The smallest absolute Gasteiger partial charge is 0.272 e.